The maximum Gasteiger partial charge on any atom is 0.226 e. The number of nitrogens with one attached hydrogen (secondary N) is 1. The minimum absolute atomic E-state index is 0. The molecular formula is C16H22ClFN2O. The van der Waals surface area contributed by atoms with Crippen LogP contribution in [0.3, 0.4) is 0 Å². The molecule has 0 saturated carbocycles. The van der Waals surface area contributed by atoms with Gasteiger partial charge in [-0.15, -0.1) is 12.4 Å². The van der Waals surface area contributed by atoms with E-state index in [0.29, 0.717) is 5.92 Å². The molecule has 1 amide bonds. The fourth-order valence-electron chi connectivity index (χ4n) is 3.22. The van der Waals surface area contributed by atoms with Crippen molar-refractivity contribution >= 4 is 18.3 Å². The molecule has 2 unspecified atom stereocenters. The second-order valence-corrected chi connectivity index (χ2v) is 5.95. The van der Waals surface area contributed by atoms with Gasteiger partial charge in [-0.25, -0.2) is 4.39 Å². The summed E-state index contributed by atoms with van der Waals surface area (Å²) < 4.78 is 13.4. The predicted octanol–water partition coefficient (Wildman–Crippen LogP) is 2.77. The first-order chi connectivity index (χ1) is 9.66. The van der Waals surface area contributed by atoms with Crippen molar-refractivity contribution in [3.05, 3.63) is 35.6 Å². The Labute approximate surface area is 131 Å². The SMILES string of the molecule is CC(C(=O)N1CCCC1c1cccc(F)c1)C1CNC1.Cl. The number of rotatable bonds is 3. The number of likely N-dealkylation sites (tertiary alicyclic amines) is 1. The molecule has 1 aromatic carbocycles. The summed E-state index contributed by atoms with van der Waals surface area (Å²) in [7, 11) is 0. The molecule has 2 atom stereocenters. The molecule has 0 spiro atoms. The fourth-order valence-corrected chi connectivity index (χ4v) is 3.22. The monoisotopic (exact) mass is 312 g/mol. The van der Waals surface area contributed by atoms with Gasteiger partial charge in [0, 0.05) is 12.5 Å². The van der Waals surface area contributed by atoms with Crippen molar-refractivity contribution in [2.24, 2.45) is 11.8 Å². The van der Waals surface area contributed by atoms with E-state index in [-0.39, 0.29) is 36.1 Å². The van der Waals surface area contributed by atoms with Crippen LogP contribution >= 0.6 is 12.4 Å². The Morgan fingerprint density at radius 1 is 1.43 bits per heavy atom. The summed E-state index contributed by atoms with van der Waals surface area (Å²) in [6.45, 7) is 4.69. The summed E-state index contributed by atoms with van der Waals surface area (Å²) in [5.41, 5.74) is 0.926. The Balaban J connectivity index is 0.00000161. The van der Waals surface area contributed by atoms with Crippen molar-refractivity contribution < 1.29 is 9.18 Å². The largest absolute Gasteiger partial charge is 0.335 e. The molecule has 0 radical (unpaired) electrons. The summed E-state index contributed by atoms with van der Waals surface area (Å²) in [4.78, 5) is 14.6. The maximum atomic E-state index is 13.4. The summed E-state index contributed by atoms with van der Waals surface area (Å²) in [5.74, 6) is 0.517. The number of carbonyl (C=O) groups excluding carboxylic acids is 1. The molecule has 2 saturated heterocycles. The fraction of sp³-hybridized carbons (Fsp3) is 0.562. The molecule has 3 nitrogen and oxygen atoms in total. The Morgan fingerprint density at radius 2 is 2.19 bits per heavy atom. The number of amides is 1. The molecule has 0 bridgehead atoms. The Kier molecular flexibility index (Phi) is 5.22. The molecule has 3 rings (SSSR count). The molecule has 116 valence electrons. The summed E-state index contributed by atoms with van der Waals surface area (Å²) in [6.07, 6.45) is 1.94. The van der Waals surface area contributed by atoms with Crippen LogP contribution in [0.1, 0.15) is 31.4 Å². The van der Waals surface area contributed by atoms with Gasteiger partial charge in [0.25, 0.3) is 0 Å². The first-order valence-corrected chi connectivity index (χ1v) is 7.43. The van der Waals surface area contributed by atoms with Crippen LogP contribution in [0.15, 0.2) is 24.3 Å². The minimum atomic E-state index is -0.224. The van der Waals surface area contributed by atoms with Crippen LogP contribution in [-0.4, -0.2) is 30.4 Å². The van der Waals surface area contributed by atoms with E-state index in [1.165, 1.54) is 6.07 Å². The highest BCUT2D eigenvalue weighted by atomic mass is 35.5. The van der Waals surface area contributed by atoms with Crippen LogP contribution in [0, 0.1) is 17.7 Å². The maximum absolute atomic E-state index is 13.4. The van der Waals surface area contributed by atoms with E-state index in [9.17, 15) is 9.18 Å². The van der Waals surface area contributed by atoms with Gasteiger partial charge in [-0.3, -0.25) is 4.79 Å². The third kappa shape index (κ3) is 3.22. The number of halogens is 2. The first kappa shape index (κ1) is 16.2. The van der Waals surface area contributed by atoms with Crippen LogP contribution < -0.4 is 5.32 Å². The van der Waals surface area contributed by atoms with Gasteiger partial charge in [0.1, 0.15) is 5.82 Å². The highest BCUT2D eigenvalue weighted by Crippen LogP contribution is 2.34. The Hall–Kier alpha value is -1.13. The van der Waals surface area contributed by atoms with Gasteiger partial charge >= 0.3 is 0 Å². The number of nitrogens with zero attached hydrogens (tertiary/aromatic N) is 1. The molecule has 1 N–H and O–H groups in total. The molecule has 2 aliphatic heterocycles. The Morgan fingerprint density at radius 3 is 2.81 bits per heavy atom. The van der Waals surface area contributed by atoms with Crippen molar-refractivity contribution in [3.8, 4) is 0 Å². The number of hydrogen-bond acceptors (Lipinski definition) is 2. The lowest BCUT2D eigenvalue weighted by Crippen LogP contribution is -2.50. The molecular weight excluding hydrogens is 291 g/mol. The van der Waals surface area contributed by atoms with E-state index < -0.39 is 0 Å². The predicted molar refractivity (Wildman–Crippen MR) is 82.9 cm³/mol. The third-order valence-corrected chi connectivity index (χ3v) is 4.68. The van der Waals surface area contributed by atoms with Gasteiger partial charge in [0.2, 0.25) is 5.91 Å². The third-order valence-electron chi connectivity index (χ3n) is 4.68. The van der Waals surface area contributed by atoms with Gasteiger partial charge in [-0.1, -0.05) is 19.1 Å². The minimum Gasteiger partial charge on any atom is -0.335 e. The second-order valence-electron chi connectivity index (χ2n) is 5.95. The van der Waals surface area contributed by atoms with Gasteiger partial charge in [0.05, 0.1) is 6.04 Å². The van der Waals surface area contributed by atoms with Crippen molar-refractivity contribution in [1.29, 1.82) is 0 Å². The molecule has 0 aromatic heterocycles. The Bertz CT molecular complexity index is 507. The van der Waals surface area contributed by atoms with Crippen LogP contribution in [0.2, 0.25) is 0 Å². The topological polar surface area (TPSA) is 32.3 Å². The smallest absolute Gasteiger partial charge is 0.226 e. The molecule has 21 heavy (non-hydrogen) atoms. The lowest BCUT2D eigenvalue weighted by molar-refractivity contribution is -0.138. The quantitative estimate of drug-likeness (QED) is 0.931. The normalized spacial score (nSPS) is 23.3. The highest BCUT2D eigenvalue weighted by Gasteiger charge is 2.36. The van der Waals surface area contributed by atoms with E-state index in [4.69, 9.17) is 0 Å². The number of hydrogen-bond donors (Lipinski definition) is 1. The van der Waals surface area contributed by atoms with Crippen LogP contribution in [0.4, 0.5) is 4.39 Å². The molecule has 2 fully saturated rings. The summed E-state index contributed by atoms with van der Waals surface area (Å²) in [6, 6.07) is 6.72. The first-order valence-electron chi connectivity index (χ1n) is 7.43. The zero-order valence-electron chi connectivity index (χ0n) is 12.2. The summed E-state index contributed by atoms with van der Waals surface area (Å²) in [5, 5.41) is 3.22. The van der Waals surface area contributed by atoms with Gasteiger partial charge in [0.15, 0.2) is 0 Å². The molecule has 0 aliphatic carbocycles. The van der Waals surface area contributed by atoms with Crippen molar-refractivity contribution in [2.75, 3.05) is 19.6 Å². The standard InChI is InChI=1S/C16H21FN2O.ClH/c1-11(13-9-18-10-13)16(20)19-7-3-6-15(19)12-4-2-5-14(17)8-12;/h2,4-5,8,11,13,15,18H,3,6-7,9-10H2,1H3;1H. The van der Waals surface area contributed by atoms with E-state index in [2.05, 4.69) is 5.32 Å². The average Bonchev–Trinajstić information content (AvgIpc) is 2.84. The second kappa shape index (κ2) is 6.75. The summed E-state index contributed by atoms with van der Waals surface area (Å²) >= 11 is 0. The lowest BCUT2D eigenvalue weighted by atomic mass is 9.87. The van der Waals surface area contributed by atoms with Gasteiger partial charge in [-0.05, 0) is 49.5 Å². The zero-order valence-corrected chi connectivity index (χ0v) is 13.0. The molecule has 1 aromatic rings. The van der Waals surface area contributed by atoms with Gasteiger partial charge in [-0.2, -0.15) is 0 Å². The van der Waals surface area contributed by atoms with Crippen LogP contribution in [-0.2, 0) is 4.79 Å². The van der Waals surface area contributed by atoms with Crippen molar-refractivity contribution in [3.63, 3.8) is 0 Å². The molecule has 2 aliphatic rings. The van der Waals surface area contributed by atoms with E-state index in [1.54, 1.807) is 12.1 Å². The lowest BCUT2D eigenvalue weighted by Gasteiger charge is -2.35. The van der Waals surface area contributed by atoms with E-state index in [0.717, 1.165) is 38.0 Å². The average molecular weight is 313 g/mol. The zero-order chi connectivity index (χ0) is 14.1. The number of benzene rings is 1. The van der Waals surface area contributed by atoms with Gasteiger partial charge < -0.3 is 10.2 Å². The molecule has 5 heteroatoms. The van der Waals surface area contributed by atoms with E-state index in [1.807, 2.05) is 17.9 Å². The highest BCUT2D eigenvalue weighted by molar-refractivity contribution is 5.85. The molecule has 2 heterocycles. The van der Waals surface area contributed by atoms with Crippen molar-refractivity contribution in [2.45, 2.75) is 25.8 Å². The van der Waals surface area contributed by atoms with Crippen LogP contribution in [0.25, 0.3) is 0 Å². The van der Waals surface area contributed by atoms with E-state index >= 15 is 0 Å². The number of carbonyl (C=O) groups is 1. The van der Waals surface area contributed by atoms with Crippen molar-refractivity contribution in [1.82, 2.24) is 10.2 Å². The van der Waals surface area contributed by atoms with Crippen LogP contribution in [0.5, 0.6) is 0 Å².